The lowest BCUT2D eigenvalue weighted by Gasteiger charge is -2.42. The fourth-order valence-corrected chi connectivity index (χ4v) is 6.18. The van der Waals surface area contributed by atoms with Gasteiger partial charge in [0.15, 0.2) is 17.3 Å². The molecule has 2 aromatic carbocycles. The quantitative estimate of drug-likeness (QED) is 0.236. The number of H-pyrrole nitrogens is 1. The second-order valence-electron chi connectivity index (χ2n) is 11.9. The topological polar surface area (TPSA) is 118 Å². The van der Waals surface area contributed by atoms with E-state index in [4.69, 9.17) is 15.7 Å². The third-order valence-electron chi connectivity index (χ3n) is 8.47. The molecule has 4 aromatic rings. The number of fused-ring (bicyclic) bond motifs is 1. The van der Waals surface area contributed by atoms with E-state index in [1.165, 1.54) is 6.07 Å². The van der Waals surface area contributed by atoms with Gasteiger partial charge in [-0.25, -0.2) is 14.4 Å². The Bertz CT molecular complexity index is 1600. The van der Waals surface area contributed by atoms with Gasteiger partial charge < -0.3 is 31.2 Å². The maximum Gasteiger partial charge on any atom is 0.271 e. The van der Waals surface area contributed by atoms with E-state index in [0.717, 1.165) is 68.6 Å². The highest BCUT2D eigenvalue weighted by molar-refractivity contribution is 6.00. The first kappa shape index (κ1) is 28.9. The number of piperazine rings is 1. The van der Waals surface area contributed by atoms with E-state index < -0.39 is 5.91 Å². The number of piperidine rings is 1. The van der Waals surface area contributed by atoms with E-state index in [2.05, 4.69) is 37.4 Å². The highest BCUT2D eigenvalue weighted by atomic mass is 19.1. The van der Waals surface area contributed by atoms with Crippen LogP contribution in [-0.2, 0) is 0 Å². The van der Waals surface area contributed by atoms with E-state index in [-0.39, 0.29) is 23.4 Å². The molecule has 2 aliphatic rings. The first-order valence-electron chi connectivity index (χ1n) is 15.1. The molecule has 226 valence electrons. The van der Waals surface area contributed by atoms with Gasteiger partial charge in [-0.15, -0.1) is 0 Å². The molecule has 0 atom stereocenters. The second kappa shape index (κ2) is 12.2. The van der Waals surface area contributed by atoms with Crippen LogP contribution in [0.4, 0.5) is 27.4 Å². The van der Waals surface area contributed by atoms with Gasteiger partial charge >= 0.3 is 0 Å². The summed E-state index contributed by atoms with van der Waals surface area (Å²) in [5.74, 6) is -0.390. The fraction of sp³-hybridized carbons (Fsp3) is 0.406. The number of likely N-dealkylation sites (N-methyl/N-ethyl adjacent to an activating group) is 1. The average molecular weight is 586 g/mol. The molecule has 11 heteroatoms. The van der Waals surface area contributed by atoms with Gasteiger partial charge in [-0.05, 0) is 64.1 Å². The number of nitrogens with two attached hydrogens (primary N) is 1. The molecule has 10 nitrogen and oxygen atoms in total. The van der Waals surface area contributed by atoms with Crippen LogP contribution in [0.5, 0.6) is 0 Å². The monoisotopic (exact) mass is 585 g/mol. The number of aromatic nitrogens is 3. The number of anilines is 4. The summed E-state index contributed by atoms with van der Waals surface area (Å²) in [6.45, 7) is 10.0. The second-order valence-corrected chi connectivity index (χ2v) is 11.9. The Morgan fingerprint density at radius 1 is 1.02 bits per heavy atom. The Morgan fingerprint density at radius 3 is 2.49 bits per heavy atom. The summed E-state index contributed by atoms with van der Waals surface area (Å²) in [6.07, 6.45) is 3.90. The maximum atomic E-state index is 15.5. The number of amides is 1. The third kappa shape index (κ3) is 6.14. The van der Waals surface area contributed by atoms with Crippen molar-refractivity contribution in [3.8, 4) is 11.3 Å². The number of primary amides is 1. The van der Waals surface area contributed by atoms with Gasteiger partial charge in [-0.3, -0.25) is 9.69 Å². The summed E-state index contributed by atoms with van der Waals surface area (Å²) >= 11 is 0. The van der Waals surface area contributed by atoms with Crippen molar-refractivity contribution in [3.05, 3.63) is 60.2 Å². The first-order chi connectivity index (χ1) is 20.8. The summed E-state index contributed by atoms with van der Waals surface area (Å²) in [6, 6.07) is 13.4. The van der Waals surface area contributed by atoms with Crippen LogP contribution in [0.3, 0.4) is 0 Å². The predicted molar refractivity (Wildman–Crippen MR) is 171 cm³/mol. The van der Waals surface area contributed by atoms with Crippen LogP contribution in [0, 0.1) is 5.82 Å². The van der Waals surface area contributed by atoms with Gasteiger partial charge in [0.05, 0.1) is 5.69 Å². The predicted octanol–water partition coefficient (Wildman–Crippen LogP) is 4.64. The maximum absolute atomic E-state index is 15.5. The van der Waals surface area contributed by atoms with Gasteiger partial charge in [-0.2, -0.15) is 0 Å². The van der Waals surface area contributed by atoms with Gasteiger partial charge in [0.1, 0.15) is 11.5 Å². The minimum atomic E-state index is -0.728. The van der Waals surface area contributed by atoms with Crippen molar-refractivity contribution in [1.82, 2.24) is 24.8 Å². The molecule has 2 aliphatic heterocycles. The van der Waals surface area contributed by atoms with Gasteiger partial charge in [0.25, 0.3) is 5.91 Å². The number of halogens is 1. The van der Waals surface area contributed by atoms with Crippen molar-refractivity contribution in [2.24, 2.45) is 5.73 Å². The molecule has 0 saturated carbocycles. The highest BCUT2D eigenvalue weighted by Crippen LogP contribution is 2.35. The summed E-state index contributed by atoms with van der Waals surface area (Å²) in [5.41, 5.74) is 9.08. The lowest BCUT2D eigenvalue weighted by atomic mass is 10.0. The molecular formula is C32H40FN9O. The summed E-state index contributed by atoms with van der Waals surface area (Å²) in [7, 11) is 2.17. The number of hydrogen-bond donors (Lipinski definition) is 4. The number of hydrogen-bond acceptors (Lipinski definition) is 8. The highest BCUT2D eigenvalue weighted by Gasteiger charge is 2.28. The zero-order chi connectivity index (χ0) is 30.1. The summed E-state index contributed by atoms with van der Waals surface area (Å²) in [5, 5.41) is 7.41. The van der Waals surface area contributed by atoms with Crippen LogP contribution in [-0.4, -0.2) is 89.1 Å². The van der Waals surface area contributed by atoms with Gasteiger partial charge in [0, 0.05) is 79.7 Å². The number of benzene rings is 2. The van der Waals surface area contributed by atoms with Crippen LogP contribution in [0.15, 0.2) is 48.7 Å². The molecule has 0 spiro atoms. The Hall–Kier alpha value is -4.22. The molecule has 0 aliphatic carbocycles. The molecule has 2 saturated heterocycles. The van der Waals surface area contributed by atoms with Gasteiger partial charge in [0.2, 0.25) is 0 Å². The molecular weight excluding hydrogens is 545 g/mol. The number of carbonyl (C=O) groups excluding carboxylic acids is 1. The third-order valence-corrected chi connectivity index (χ3v) is 8.47. The fourth-order valence-electron chi connectivity index (χ4n) is 6.18. The Morgan fingerprint density at radius 2 is 1.79 bits per heavy atom. The number of nitrogens with zero attached hydrogens (tertiary/aromatic N) is 5. The molecule has 4 heterocycles. The Kier molecular flexibility index (Phi) is 8.18. The standard InChI is InChI=1S/C32H40FN9O/c1-20(2)36-31-28(24-5-4-6-26-23(24)9-12-35-26)38-29(30(34)43)32(39-31)37-21-7-8-27(25(33)19-21)42-13-10-22(11-14-42)41-17-15-40(3)16-18-41/h4-9,12,19-20,22,35H,10-11,13-18H2,1-3H3,(H2,34,43)(H2,36,37,39). The smallest absolute Gasteiger partial charge is 0.271 e. The molecule has 5 N–H and O–H groups in total. The average Bonchev–Trinajstić information content (AvgIpc) is 3.47. The molecule has 0 radical (unpaired) electrons. The van der Waals surface area contributed by atoms with Crippen LogP contribution in [0.1, 0.15) is 37.2 Å². The molecule has 2 fully saturated rings. The van der Waals surface area contributed by atoms with E-state index in [1.807, 2.05) is 44.3 Å². The Balaban J connectivity index is 1.24. The first-order valence-corrected chi connectivity index (χ1v) is 15.1. The zero-order valence-corrected chi connectivity index (χ0v) is 25.0. The van der Waals surface area contributed by atoms with Crippen molar-refractivity contribution in [2.45, 2.75) is 38.8 Å². The van der Waals surface area contributed by atoms with E-state index in [1.54, 1.807) is 12.1 Å². The number of aromatic amines is 1. The molecule has 1 amide bonds. The van der Waals surface area contributed by atoms with E-state index in [0.29, 0.717) is 28.9 Å². The minimum absolute atomic E-state index is 0.0210. The van der Waals surface area contributed by atoms with Crippen molar-refractivity contribution in [3.63, 3.8) is 0 Å². The minimum Gasteiger partial charge on any atom is -0.369 e. The summed E-state index contributed by atoms with van der Waals surface area (Å²) < 4.78 is 15.5. The molecule has 2 aromatic heterocycles. The van der Waals surface area contributed by atoms with Crippen LogP contribution in [0.2, 0.25) is 0 Å². The molecule has 0 bridgehead atoms. The van der Waals surface area contributed by atoms with Crippen LogP contribution < -0.4 is 21.3 Å². The van der Waals surface area contributed by atoms with Crippen molar-refractivity contribution in [2.75, 3.05) is 61.8 Å². The van der Waals surface area contributed by atoms with Crippen LogP contribution in [0.25, 0.3) is 22.2 Å². The zero-order valence-electron chi connectivity index (χ0n) is 25.0. The molecule has 6 rings (SSSR count). The van der Waals surface area contributed by atoms with Crippen molar-refractivity contribution >= 4 is 39.8 Å². The van der Waals surface area contributed by atoms with Crippen molar-refractivity contribution < 1.29 is 9.18 Å². The largest absolute Gasteiger partial charge is 0.369 e. The van der Waals surface area contributed by atoms with E-state index in [9.17, 15) is 4.79 Å². The van der Waals surface area contributed by atoms with Crippen molar-refractivity contribution in [1.29, 1.82) is 0 Å². The number of carbonyl (C=O) groups is 1. The number of rotatable bonds is 8. The summed E-state index contributed by atoms with van der Waals surface area (Å²) in [4.78, 5) is 32.3. The van der Waals surface area contributed by atoms with Crippen LogP contribution >= 0.6 is 0 Å². The Labute approximate surface area is 251 Å². The lowest BCUT2D eigenvalue weighted by molar-refractivity contribution is 0.0981. The van der Waals surface area contributed by atoms with Gasteiger partial charge in [-0.1, -0.05) is 12.1 Å². The lowest BCUT2D eigenvalue weighted by Crippen LogP contribution is -2.52. The van der Waals surface area contributed by atoms with E-state index >= 15 is 4.39 Å². The SMILES string of the molecule is CC(C)Nc1nc(Nc2ccc(N3CCC(N4CCN(C)CC4)CC3)c(F)c2)c(C(N)=O)nc1-c1cccc2[nH]ccc12. The molecule has 0 unspecified atom stereocenters. The number of nitrogens with one attached hydrogen (secondary N) is 3. The normalized spacial score (nSPS) is 17.1. The molecule has 43 heavy (non-hydrogen) atoms.